The van der Waals surface area contributed by atoms with Gasteiger partial charge in [-0.2, -0.15) is 0 Å². The fourth-order valence-electron chi connectivity index (χ4n) is 2.93. The van der Waals surface area contributed by atoms with E-state index in [9.17, 15) is 18.0 Å². The van der Waals surface area contributed by atoms with Crippen LogP contribution in [0.4, 0.5) is 24.5 Å². The minimum Gasteiger partial charge on any atom is -0.352 e. The molecule has 0 radical (unpaired) electrons. The number of amides is 1. The molecular formula is C18H18F3N3O. The molecule has 0 saturated heterocycles. The molecule has 1 aliphatic carbocycles. The van der Waals surface area contributed by atoms with Crippen LogP contribution in [-0.2, 0) is 0 Å². The Kier molecular flexibility index (Phi) is 5.21. The van der Waals surface area contributed by atoms with Gasteiger partial charge in [0.05, 0.1) is 23.1 Å². The van der Waals surface area contributed by atoms with Gasteiger partial charge < -0.3 is 10.6 Å². The van der Waals surface area contributed by atoms with E-state index in [0.717, 1.165) is 37.8 Å². The Morgan fingerprint density at radius 3 is 2.56 bits per heavy atom. The van der Waals surface area contributed by atoms with E-state index in [2.05, 4.69) is 15.6 Å². The lowest BCUT2D eigenvalue weighted by atomic mass is 9.95. The molecule has 0 aliphatic heterocycles. The summed E-state index contributed by atoms with van der Waals surface area (Å²) in [5, 5.41) is 5.58. The van der Waals surface area contributed by atoms with E-state index < -0.39 is 17.5 Å². The van der Waals surface area contributed by atoms with Crippen molar-refractivity contribution in [1.82, 2.24) is 10.3 Å². The molecule has 2 aromatic rings. The van der Waals surface area contributed by atoms with E-state index in [1.807, 2.05) is 0 Å². The highest BCUT2D eigenvalue weighted by molar-refractivity contribution is 5.95. The van der Waals surface area contributed by atoms with E-state index in [0.29, 0.717) is 11.3 Å². The number of aromatic nitrogens is 1. The van der Waals surface area contributed by atoms with Crippen molar-refractivity contribution in [2.45, 2.75) is 38.1 Å². The number of carbonyl (C=O) groups is 1. The van der Waals surface area contributed by atoms with Crippen molar-refractivity contribution in [3.8, 4) is 0 Å². The molecule has 0 atom stereocenters. The number of benzene rings is 1. The van der Waals surface area contributed by atoms with Crippen LogP contribution in [0.5, 0.6) is 0 Å². The van der Waals surface area contributed by atoms with Gasteiger partial charge >= 0.3 is 0 Å². The molecule has 7 heteroatoms. The molecule has 0 spiro atoms. The molecule has 1 fully saturated rings. The van der Waals surface area contributed by atoms with E-state index in [1.165, 1.54) is 24.9 Å². The third-order valence-corrected chi connectivity index (χ3v) is 4.26. The fourth-order valence-corrected chi connectivity index (χ4v) is 2.93. The van der Waals surface area contributed by atoms with Crippen molar-refractivity contribution in [3.05, 3.63) is 53.6 Å². The molecule has 1 aromatic heterocycles. The number of nitrogens with zero attached hydrogens (tertiary/aromatic N) is 1. The van der Waals surface area contributed by atoms with E-state index in [1.54, 1.807) is 0 Å². The number of pyridine rings is 1. The summed E-state index contributed by atoms with van der Waals surface area (Å²) in [5.74, 6) is -4.39. The maximum atomic E-state index is 13.7. The highest BCUT2D eigenvalue weighted by atomic mass is 19.2. The number of rotatable bonds is 4. The molecule has 0 unspecified atom stereocenters. The molecule has 2 N–H and O–H groups in total. The summed E-state index contributed by atoms with van der Waals surface area (Å²) < 4.78 is 40.0. The van der Waals surface area contributed by atoms with Crippen molar-refractivity contribution >= 4 is 17.3 Å². The Labute approximate surface area is 143 Å². The van der Waals surface area contributed by atoms with Gasteiger partial charge in [0.1, 0.15) is 0 Å². The maximum absolute atomic E-state index is 13.7. The quantitative estimate of drug-likeness (QED) is 0.809. The first-order valence-corrected chi connectivity index (χ1v) is 8.21. The molecule has 132 valence electrons. The van der Waals surface area contributed by atoms with Crippen LogP contribution in [0.2, 0.25) is 0 Å². The van der Waals surface area contributed by atoms with Crippen LogP contribution >= 0.6 is 0 Å². The van der Waals surface area contributed by atoms with Crippen LogP contribution in [0, 0.1) is 17.5 Å². The average molecular weight is 349 g/mol. The average Bonchev–Trinajstić information content (AvgIpc) is 2.63. The lowest BCUT2D eigenvalue weighted by Crippen LogP contribution is -2.36. The molecule has 1 amide bonds. The molecular weight excluding hydrogens is 331 g/mol. The van der Waals surface area contributed by atoms with Crippen molar-refractivity contribution in [3.63, 3.8) is 0 Å². The number of carbonyl (C=O) groups excluding carboxylic acids is 1. The van der Waals surface area contributed by atoms with E-state index in [4.69, 9.17) is 0 Å². The number of hydrogen-bond acceptors (Lipinski definition) is 3. The van der Waals surface area contributed by atoms with Crippen molar-refractivity contribution in [1.29, 1.82) is 0 Å². The summed E-state index contributed by atoms with van der Waals surface area (Å²) in [7, 11) is 0. The van der Waals surface area contributed by atoms with Crippen molar-refractivity contribution in [2.75, 3.05) is 5.32 Å². The first kappa shape index (κ1) is 17.3. The van der Waals surface area contributed by atoms with Gasteiger partial charge in [-0.05, 0) is 31.0 Å². The standard InChI is InChI=1S/C18H18F3N3O/c19-14-6-7-15(17(21)16(14)20)23-13-8-11(9-22-10-13)18(25)24-12-4-2-1-3-5-12/h6-10,12,23H,1-5H2,(H,24,25). The van der Waals surface area contributed by atoms with Crippen LogP contribution < -0.4 is 10.6 Å². The van der Waals surface area contributed by atoms with Crippen LogP contribution in [0.3, 0.4) is 0 Å². The summed E-state index contributed by atoms with van der Waals surface area (Å²) in [6.07, 6.45) is 8.07. The Balaban J connectivity index is 1.73. The number of halogens is 3. The smallest absolute Gasteiger partial charge is 0.253 e. The molecule has 1 heterocycles. The predicted octanol–water partition coefficient (Wildman–Crippen LogP) is 4.31. The third kappa shape index (κ3) is 4.10. The second kappa shape index (κ2) is 7.55. The van der Waals surface area contributed by atoms with Gasteiger partial charge in [-0.1, -0.05) is 19.3 Å². The first-order valence-electron chi connectivity index (χ1n) is 8.21. The molecule has 1 saturated carbocycles. The van der Waals surface area contributed by atoms with Crippen molar-refractivity contribution in [2.24, 2.45) is 0 Å². The van der Waals surface area contributed by atoms with Gasteiger partial charge in [0.2, 0.25) is 0 Å². The summed E-state index contributed by atoms with van der Waals surface area (Å²) in [6, 6.07) is 3.56. The zero-order valence-electron chi connectivity index (χ0n) is 13.5. The monoisotopic (exact) mass is 349 g/mol. The fraction of sp³-hybridized carbons (Fsp3) is 0.333. The Bertz CT molecular complexity index is 776. The Morgan fingerprint density at radius 2 is 1.80 bits per heavy atom. The van der Waals surface area contributed by atoms with Crippen LogP contribution in [0.15, 0.2) is 30.6 Å². The van der Waals surface area contributed by atoms with Gasteiger partial charge in [-0.3, -0.25) is 9.78 Å². The zero-order valence-corrected chi connectivity index (χ0v) is 13.5. The van der Waals surface area contributed by atoms with Gasteiger partial charge in [-0.15, -0.1) is 0 Å². The minimum absolute atomic E-state index is 0.154. The number of anilines is 2. The predicted molar refractivity (Wildman–Crippen MR) is 88.2 cm³/mol. The highest BCUT2D eigenvalue weighted by Gasteiger charge is 2.18. The Hall–Kier alpha value is -2.57. The largest absolute Gasteiger partial charge is 0.352 e. The first-order chi connectivity index (χ1) is 12.0. The van der Waals surface area contributed by atoms with Gasteiger partial charge in [0.15, 0.2) is 17.5 Å². The number of hydrogen-bond donors (Lipinski definition) is 2. The molecule has 1 aromatic carbocycles. The molecule has 3 rings (SSSR count). The molecule has 0 bridgehead atoms. The topological polar surface area (TPSA) is 54.0 Å². The van der Waals surface area contributed by atoms with Crippen molar-refractivity contribution < 1.29 is 18.0 Å². The van der Waals surface area contributed by atoms with E-state index in [-0.39, 0.29) is 17.6 Å². The maximum Gasteiger partial charge on any atom is 0.253 e. The molecule has 1 aliphatic rings. The summed E-state index contributed by atoms with van der Waals surface area (Å²) in [6.45, 7) is 0. The van der Waals surface area contributed by atoms with Gasteiger partial charge in [0.25, 0.3) is 5.91 Å². The lowest BCUT2D eigenvalue weighted by molar-refractivity contribution is 0.0927. The van der Waals surface area contributed by atoms with Gasteiger partial charge in [-0.25, -0.2) is 13.2 Å². The summed E-state index contributed by atoms with van der Waals surface area (Å²) in [5.41, 5.74) is 0.394. The highest BCUT2D eigenvalue weighted by Crippen LogP contribution is 2.24. The number of nitrogens with one attached hydrogen (secondary N) is 2. The van der Waals surface area contributed by atoms with E-state index >= 15 is 0 Å². The minimum atomic E-state index is -1.55. The van der Waals surface area contributed by atoms with Crippen LogP contribution in [-0.4, -0.2) is 16.9 Å². The van der Waals surface area contributed by atoms with Crippen LogP contribution in [0.1, 0.15) is 42.5 Å². The lowest BCUT2D eigenvalue weighted by Gasteiger charge is -2.22. The third-order valence-electron chi connectivity index (χ3n) is 4.26. The second-order valence-corrected chi connectivity index (χ2v) is 6.12. The second-order valence-electron chi connectivity index (χ2n) is 6.12. The Morgan fingerprint density at radius 1 is 1.04 bits per heavy atom. The molecule has 4 nitrogen and oxygen atoms in total. The summed E-state index contributed by atoms with van der Waals surface area (Å²) in [4.78, 5) is 16.3. The molecule has 25 heavy (non-hydrogen) atoms. The zero-order chi connectivity index (χ0) is 17.8. The normalized spacial score (nSPS) is 15.0. The SMILES string of the molecule is O=C(NC1CCCCC1)c1cncc(Nc2ccc(F)c(F)c2F)c1. The van der Waals surface area contributed by atoms with Gasteiger partial charge in [0, 0.05) is 12.2 Å². The van der Waals surface area contributed by atoms with Crippen LogP contribution in [0.25, 0.3) is 0 Å². The summed E-state index contributed by atoms with van der Waals surface area (Å²) >= 11 is 0.